The van der Waals surface area contributed by atoms with E-state index in [0.717, 1.165) is 47.4 Å². The normalized spacial score (nSPS) is 23.6. The van der Waals surface area contributed by atoms with E-state index in [1.807, 2.05) is 55.1 Å². The van der Waals surface area contributed by atoms with E-state index >= 15 is 0 Å². The van der Waals surface area contributed by atoms with Gasteiger partial charge in [0.05, 0.1) is 11.6 Å². The molecule has 2 aromatic rings. The molecule has 0 spiro atoms. The molecule has 6 rings (SSSR count). The third kappa shape index (κ3) is 5.01. The van der Waals surface area contributed by atoms with Gasteiger partial charge in [-0.2, -0.15) is 16.9 Å². The molecule has 1 aromatic carbocycles. The predicted molar refractivity (Wildman–Crippen MR) is 159 cm³/mol. The zero-order valence-electron chi connectivity index (χ0n) is 22.3. The molecule has 1 aromatic heterocycles. The Balaban J connectivity index is 1.29. The number of fused-ring (bicyclic) bond motifs is 1. The van der Waals surface area contributed by atoms with Crippen LogP contribution < -0.4 is 33.1 Å². The lowest BCUT2D eigenvalue weighted by Crippen LogP contribution is -2.45. The molecule has 208 valence electrons. The molecule has 1 saturated carbocycles. The molecule has 7 N–H and O–H groups in total. The van der Waals surface area contributed by atoms with Crippen LogP contribution in [0.4, 0.5) is 11.4 Å². The number of thioether (sulfide) groups is 1. The van der Waals surface area contributed by atoms with Crippen molar-refractivity contribution in [3.8, 4) is 11.3 Å². The molecule has 11 heteroatoms. The Morgan fingerprint density at radius 2 is 2.00 bits per heavy atom. The number of carbonyl (C=O) groups is 2. The Kier molecular flexibility index (Phi) is 6.91. The van der Waals surface area contributed by atoms with Crippen LogP contribution in [-0.2, 0) is 16.1 Å². The molecule has 3 atom stereocenters. The predicted octanol–water partition coefficient (Wildman–Crippen LogP) is 2.49. The molecule has 3 heterocycles. The highest BCUT2D eigenvalue weighted by molar-refractivity contribution is 8.06. The first-order valence-electron chi connectivity index (χ1n) is 13.6. The average Bonchev–Trinajstić information content (AvgIpc) is 3.75. The maximum Gasteiger partial charge on any atom is 0.274 e. The number of hydrogen-bond donors (Lipinski definition) is 5. The highest BCUT2D eigenvalue weighted by Crippen LogP contribution is 2.49. The number of pyridine rings is 1. The fourth-order valence-electron chi connectivity index (χ4n) is 5.61. The van der Waals surface area contributed by atoms with Gasteiger partial charge in [0.15, 0.2) is 0 Å². The summed E-state index contributed by atoms with van der Waals surface area (Å²) in [4.78, 5) is 39.7. The Morgan fingerprint density at radius 3 is 2.70 bits per heavy atom. The van der Waals surface area contributed by atoms with Crippen molar-refractivity contribution in [2.24, 2.45) is 22.7 Å². The number of aromatic nitrogens is 1. The molecule has 2 fully saturated rings. The summed E-state index contributed by atoms with van der Waals surface area (Å²) < 4.78 is 1.59. The van der Waals surface area contributed by atoms with Crippen LogP contribution in [0.2, 0.25) is 0 Å². The fraction of sp³-hybridized carbons (Fsp3) is 0.379. The smallest absolute Gasteiger partial charge is 0.274 e. The van der Waals surface area contributed by atoms with E-state index in [4.69, 9.17) is 11.5 Å². The maximum atomic E-state index is 13.8. The lowest BCUT2D eigenvalue weighted by atomic mass is 9.77. The van der Waals surface area contributed by atoms with Gasteiger partial charge in [-0.25, -0.2) is 5.43 Å². The quantitative estimate of drug-likeness (QED) is 0.246. The highest BCUT2D eigenvalue weighted by Gasteiger charge is 2.37. The molecule has 0 bridgehead atoms. The molecule has 2 aliphatic heterocycles. The van der Waals surface area contributed by atoms with Crippen molar-refractivity contribution in [2.75, 3.05) is 23.3 Å². The van der Waals surface area contributed by atoms with Crippen molar-refractivity contribution < 1.29 is 9.59 Å². The number of amidine groups is 1. The van der Waals surface area contributed by atoms with Crippen molar-refractivity contribution in [3.05, 3.63) is 69.5 Å². The van der Waals surface area contributed by atoms with E-state index in [1.165, 1.54) is 0 Å². The van der Waals surface area contributed by atoms with Gasteiger partial charge < -0.3 is 22.1 Å². The number of nitrogens with zero attached hydrogens (tertiary/aromatic N) is 2. The van der Waals surface area contributed by atoms with Crippen LogP contribution in [0, 0.1) is 11.8 Å². The van der Waals surface area contributed by atoms with Crippen LogP contribution >= 0.6 is 11.8 Å². The number of nitrogen functional groups attached to an aromatic ring is 1. The summed E-state index contributed by atoms with van der Waals surface area (Å²) in [7, 11) is 0. The number of allylic oxidation sites excluding steroid dienone is 2. The summed E-state index contributed by atoms with van der Waals surface area (Å²) in [5.41, 5.74) is 19.6. The largest absolute Gasteiger partial charge is 0.399 e. The molecule has 2 amide bonds. The summed E-state index contributed by atoms with van der Waals surface area (Å²) in [6.45, 7) is 2.05. The summed E-state index contributed by atoms with van der Waals surface area (Å²) in [5, 5.41) is 10.5. The molecule has 1 saturated heterocycles. The number of nitrogens with one attached hydrogen (secondary N) is 3. The summed E-state index contributed by atoms with van der Waals surface area (Å²) in [6, 6.07) is 9.70. The number of amides is 2. The number of hydrazone groups is 1. The van der Waals surface area contributed by atoms with Crippen LogP contribution in [0.15, 0.2) is 63.5 Å². The van der Waals surface area contributed by atoms with E-state index in [9.17, 15) is 14.4 Å². The van der Waals surface area contributed by atoms with Gasteiger partial charge in [-0.15, -0.1) is 0 Å². The molecule has 2 aliphatic carbocycles. The fourth-order valence-corrected chi connectivity index (χ4v) is 6.25. The van der Waals surface area contributed by atoms with Crippen molar-refractivity contribution in [2.45, 2.75) is 44.0 Å². The van der Waals surface area contributed by atoms with Crippen LogP contribution in [-0.4, -0.2) is 40.6 Å². The third-order valence-electron chi connectivity index (χ3n) is 8.18. The Labute approximate surface area is 236 Å². The topological polar surface area (TPSA) is 157 Å². The summed E-state index contributed by atoms with van der Waals surface area (Å²) >= 11 is 1.82. The van der Waals surface area contributed by atoms with Gasteiger partial charge in [0, 0.05) is 40.4 Å². The molecule has 0 radical (unpaired) electrons. The number of benzene rings is 1. The van der Waals surface area contributed by atoms with Gasteiger partial charge in [-0.05, 0) is 54.5 Å². The molecule has 4 aliphatic rings. The SMILES string of the molecule is CC1C(CNC(=O)Cn2c(-c3cccc(N)c3)c(C3CS3)cc(NC3CCC3)c2=O)=CC=C2C(N)=NNC(=O)C21. The Bertz CT molecular complexity index is 1530. The number of anilines is 2. The van der Waals surface area contributed by atoms with E-state index in [2.05, 4.69) is 21.2 Å². The van der Waals surface area contributed by atoms with Gasteiger partial charge in [-0.3, -0.25) is 19.0 Å². The lowest BCUT2D eigenvalue weighted by molar-refractivity contribution is -0.125. The van der Waals surface area contributed by atoms with Crippen LogP contribution in [0.1, 0.15) is 37.0 Å². The van der Waals surface area contributed by atoms with Gasteiger partial charge in [0.1, 0.15) is 18.1 Å². The zero-order valence-corrected chi connectivity index (χ0v) is 23.1. The standard InChI is InChI=1S/C29H33N7O3S/c1-15-17(8-9-20-25(15)28(38)35-34-27(20)31)12-32-24(37)13-36-26(16-4-2-5-18(30)10-16)21(23-14-40-23)11-22(29(36)39)33-19-6-3-7-19/h2,4-5,8-11,15,19,23,25,33H,3,6-7,12-14,30H2,1H3,(H2,31,34)(H,32,37)(H,35,38). The highest BCUT2D eigenvalue weighted by atomic mass is 32.2. The first kappa shape index (κ1) is 26.2. The van der Waals surface area contributed by atoms with Crippen LogP contribution in [0.3, 0.4) is 0 Å². The molecular weight excluding hydrogens is 526 g/mol. The Morgan fingerprint density at radius 1 is 1.20 bits per heavy atom. The van der Waals surface area contributed by atoms with Crippen LogP contribution in [0.25, 0.3) is 11.3 Å². The number of carbonyl (C=O) groups excluding carboxylic acids is 2. The molecular formula is C29H33N7O3S. The monoisotopic (exact) mass is 559 g/mol. The zero-order chi connectivity index (χ0) is 28.0. The third-order valence-corrected chi connectivity index (χ3v) is 9.10. The summed E-state index contributed by atoms with van der Waals surface area (Å²) in [5.74, 6) is 0.121. The number of nitrogens with two attached hydrogens (primary N) is 2. The van der Waals surface area contributed by atoms with Gasteiger partial charge in [-0.1, -0.05) is 31.2 Å². The molecule has 10 nitrogen and oxygen atoms in total. The van der Waals surface area contributed by atoms with Gasteiger partial charge >= 0.3 is 0 Å². The second-order valence-electron chi connectivity index (χ2n) is 10.9. The van der Waals surface area contributed by atoms with Crippen LogP contribution in [0.5, 0.6) is 0 Å². The van der Waals surface area contributed by atoms with Crippen molar-refractivity contribution in [1.29, 1.82) is 0 Å². The second kappa shape index (κ2) is 10.5. The maximum absolute atomic E-state index is 13.8. The minimum atomic E-state index is -0.458. The van der Waals surface area contributed by atoms with Crippen molar-refractivity contribution in [1.82, 2.24) is 15.3 Å². The number of hydrogen-bond acceptors (Lipinski definition) is 8. The van der Waals surface area contributed by atoms with E-state index < -0.39 is 5.92 Å². The van der Waals surface area contributed by atoms with E-state index in [0.29, 0.717) is 22.8 Å². The molecule has 3 unspecified atom stereocenters. The van der Waals surface area contributed by atoms with Gasteiger partial charge in [0.2, 0.25) is 11.8 Å². The minimum absolute atomic E-state index is 0.139. The van der Waals surface area contributed by atoms with Crippen molar-refractivity contribution >= 4 is 40.8 Å². The first-order chi connectivity index (χ1) is 19.3. The lowest BCUT2D eigenvalue weighted by Gasteiger charge is -2.32. The second-order valence-corrected chi connectivity index (χ2v) is 12.1. The Hall–Kier alpha value is -3.99. The number of rotatable bonds is 8. The van der Waals surface area contributed by atoms with E-state index in [-0.39, 0.29) is 47.7 Å². The van der Waals surface area contributed by atoms with Crippen molar-refractivity contribution in [3.63, 3.8) is 0 Å². The molecule has 40 heavy (non-hydrogen) atoms. The summed E-state index contributed by atoms with van der Waals surface area (Å²) in [6.07, 6.45) is 6.89. The average molecular weight is 560 g/mol. The van der Waals surface area contributed by atoms with E-state index in [1.54, 1.807) is 10.6 Å². The first-order valence-corrected chi connectivity index (χ1v) is 14.7. The minimum Gasteiger partial charge on any atom is -0.399 e. The van der Waals surface area contributed by atoms with Gasteiger partial charge in [0.25, 0.3) is 5.56 Å².